The average molecular weight is 273 g/mol. The minimum Gasteiger partial charge on any atom is -0.493 e. The summed E-state index contributed by atoms with van der Waals surface area (Å²) in [5.74, 6) is 1.22. The summed E-state index contributed by atoms with van der Waals surface area (Å²) in [5, 5.41) is 1.12. The van der Waals surface area contributed by atoms with Gasteiger partial charge in [-0.1, -0.05) is 23.2 Å². The molecule has 2 nitrogen and oxygen atoms in total. The second-order valence-corrected chi connectivity index (χ2v) is 5.17. The molecule has 1 atom stereocenters. The monoisotopic (exact) mass is 272 g/mol. The van der Waals surface area contributed by atoms with Crippen LogP contribution < -0.4 is 4.74 Å². The Hall–Kier alpha value is -0.730. The Balaban J connectivity index is 1.83. The lowest BCUT2D eigenvalue weighted by Crippen LogP contribution is -2.11. The second kappa shape index (κ2) is 5.74. The molecule has 17 heavy (non-hydrogen) atoms. The number of halogens is 2. The van der Waals surface area contributed by atoms with Crippen LogP contribution in [0.15, 0.2) is 18.2 Å². The van der Waals surface area contributed by atoms with E-state index in [9.17, 15) is 4.79 Å². The Bertz CT molecular complexity index is 398. The van der Waals surface area contributed by atoms with E-state index in [4.69, 9.17) is 27.9 Å². The average Bonchev–Trinajstić information content (AvgIpc) is 2.63. The van der Waals surface area contributed by atoms with Crippen LogP contribution in [-0.4, -0.2) is 12.4 Å². The molecule has 1 aliphatic rings. The topological polar surface area (TPSA) is 26.3 Å². The molecule has 1 unspecified atom stereocenters. The van der Waals surface area contributed by atoms with Crippen LogP contribution in [0.5, 0.6) is 5.75 Å². The highest BCUT2D eigenvalue weighted by molar-refractivity contribution is 6.34. The van der Waals surface area contributed by atoms with E-state index in [2.05, 4.69) is 0 Å². The number of carbonyl (C=O) groups is 1. The summed E-state index contributed by atoms with van der Waals surface area (Å²) in [6, 6.07) is 5.12. The number of ketones is 1. The summed E-state index contributed by atoms with van der Waals surface area (Å²) in [4.78, 5) is 11.4. The van der Waals surface area contributed by atoms with Gasteiger partial charge in [0.1, 0.15) is 11.5 Å². The first-order valence-corrected chi connectivity index (χ1v) is 6.52. The van der Waals surface area contributed by atoms with Crippen molar-refractivity contribution in [2.24, 2.45) is 5.92 Å². The fourth-order valence-corrected chi connectivity index (χ4v) is 2.63. The van der Waals surface area contributed by atoms with Gasteiger partial charge < -0.3 is 4.74 Å². The fourth-order valence-electron chi connectivity index (χ4n) is 2.12. The first-order chi connectivity index (χ1) is 8.15. The fraction of sp³-hybridized carbons (Fsp3) is 0.462. The van der Waals surface area contributed by atoms with Crippen molar-refractivity contribution < 1.29 is 9.53 Å². The molecule has 1 aromatic rings. The van der Waals surface area contributed by atoms with Crippen molar-refractivity contribution in [3.05, 3.63) is 28.2 Å². The smallest absolute Gasteiger partial charge is 0.136 e. The maximum absolute atomic E-state index is 11.4. The lowest BCUT2D eigenvalue weighted by molar-refractivity contribution is -0.121. The van der Waals surface area contributed by atoms with Gasteiger partial charge in [-0.05, 0) is 37.5 Å². The molecule has 4 heteroatoms. The van der Waals surface area contributed by atoms with E-state index < -0.39 is 0 Å². The van der Waals surface area contributed by atoms with E-state index in [0.717, 1.165) is 25.7 Å². The number of Topliss-reactive ketones (excluding diaryl/α,β-unsaturated/α-hetero) is 1. The van der Waals surface area contributed by atoms with E-state index in [1.54, 1.807) is 18.2 Å². The molecule has 0 radical (unpaired) electrons. The number of ether oxygens (including phenoxy) is 1. The number of rotatable bonds is 4. The molecule has 0 aromatic heterocycles. The van der Waals surface area contributed by atoms with E-state index in [1.807, 2.05) is 0 Å². The van der Waals surface area contributed by atoms with Crippen LogP contribution in [0.4, 0.5) is 0 Å². The molecule has 92 valence electrons. The lowest BCUT2D eigenvalue weighted by Gasteiger charge is -2.10. The number of carbonyl (C=O) groups excluding carboxylic acids is 1. The third-order valence-electron chi connectivity index (χ3n) is 3.00. The van der Waals surface area contributed by atoms with Crippen LogP contribution in [0.1, 0.15) is 25.7 Å². The summed E-state index contributed by atoms with van der Waals surface area (Å²) < 4.78 is 5.56. The maximum Gasteiger partial charge on any atom is 0.136 e. The van der Waals surface area contributed by atoms with Crippen LogP contribution in [0, 0.1) is 5.92 Å². The standard InChI is InChI=1S/C13H14Cl2O2/c14-10-6-11(15)8-12(7-10)17-5-4-9-2-1-3-13(9)16/h6-9H,1-5H2. The Kier molecular flexibility index (Phi) is 4.30. The summed E-state index contributed by atoms with van der Waals surface area (Å²) in [6.07, 6.45) is 3.53. The molecule has 0 heterocycles. The van der Waals surface area contributed by atoms with Gasteiger partial charge in [0.25, 0.3) is 0 Å². The predicted molar refractivity (Wildman–Crippen MR) is 68.9 cm³/mol. The third-order valence-corrected chi connectivity index (χ3v) is 3.44. The summed E-state index contributed by atoms with van der Waals surface area (Å²) in [5.41, 5.74) is 0. The van der Waals surface area contributed by atoms with E-state index in [1.165, 1.54) is 0 Å². The SMILES string of the molecule is O=C1CCCC1CCOc1cc(Cl)cc(Cl)c1. The van der Waals surface area contributed by atoms with Gasteiger partial charge in [-0.15, -0.1) is 0 Å². The molecule has 0 saturated heterocycles. The van der Waals surface area contributed by atoms with Crippen LogP contribution in [0.3, 0.4) is 0 Å². The quantitative estimate of drug-likeness (QED) is 0.824. The second-order valence-electron chi connectivity index (χ2n) is 4.30. The highest BCUT2D eigenvalue weighted by Crippen LogP contribution is 2.26. The van der Waals surface area contributed by atoms with Crippen molar-refractivity contribution in [2.75, 3.05) is 6.61 Å². The zero-order valence-corrected chi connectivity index (χ0v) is 10.9. The molecule has 0 N–H and O–H groups in total. The minimum absolute atomic E-state index is 0.185. The molecule has 0 amide bonds. The van der Waals surface area contributed by atoms with Crippen molar-refractivity contribution >= 4 is 29.0 Å². The molecule has 0 bridgehead atoms. The first kappa shape index (κ1) is 12.7. The van der Waals surface area contributed by atoms with E-state index in [-0.39, 0.29) is 5.92 Å². The highest BCUT2D eigenvalue weighted by Gasteiger charge is 2.23. The van der Waals surface area contributed by atoms with Gasteiger partial charge in [-0.2, -0.15) is 0 Å². The Morgan fingerprint density at radius 2 is 1.94 bits per heavy atom. The molecule has 1 aromatic carbocycles. The van der Waals surface area contributed by atoms with Gasteiger partial charge in [0.15, 0.2) is 0 Å². The number of hydrogen-bond acceptors (Lipinski definition) is 2. The van der Waals surface area contributed by atoms with Crippen LogP contribution in [-0.2, 0) is 4.79 Å². The van der Waals surface area contributed by atoms with Crippen molar-refractivity contribution in [1.82, 2.24) is 0 Å². The molecule has 2 rings (SSSR count). The van der Waals surface area contributed by atoms with Crippen LogP contribution >= 0.6 is 23.2 Å². The molecule has 1 fully saturated rings. The Morgan fingerprint density at radius 3 is 2.53 bits per heavy atom. The molecular weight excluding hydrogens is 259 g/mol. The van der Waals surface area contributed by atoms with Gasteiger partial charge in [-0.25, -0.2) is 0 Å². The molecule has 1 aliphatic carbocycles. The van der Waals surface area contributed by atoms with E-state index >= 15 is 0 Å². The summed E-state index contributed by atoms with van der Waals surface area (Å²) in [6.45, 7) is 0.535. The Morgan fingerprint density at radius 1 is 1.24 bits per heavy atom. The Labute approximate surface area is 111 Å². The van der Waals surface area contributed by atoms with Crippen LogP contribution in [0.25, 0.3) is 0 Å². The van der Waals surface area contributed by atoms with Crippen molar-refractivity contribution in [1.29, 1.82) is 0 Å². The predicted octanol–water partition coefficient (Wildman–Crippen LogP) is 4.13. The normalized spacial score (nSPS) is 19.6. The molecule has 1 saturated carbocycles. The molecular formula is C13H14Cl2O2. The zero-order valence-electron chi connectivity index (χ0n) is 9.42. The first-order valence-electron chi connectivity index (χ1n) is 5.77. The van der Waals surface area contributed by atoms with E-state index in [0.29, 0.717) is 28.2 Å². The summed E-state index contributed by atoms with van der Waals surface area (Å²) in [7, 11) is 0. The summed E-state index contributed by atoms with van der Waals surface area (Å²) >= 11 is 11.7. The zero-order chi connectivity index (χ0) is 12.3. The molecule has 0 aliphatic heterocycles. The molecule has 0 spiro atoms. The third kappa shape index (κ3) is 3.62. The van der Waals surface area contributed by atoms with Gasteiger partial charge in [0.05, 0.1) is 6.61 Å². The van der Waals surface area contributed by atoms with Crippen molar-refractivity contribution in [2.45, 2.75) is 25.7 Å². The van der Waals surface area contributed by atoms with Gasteiger partial charge in [0, 0.05) is 22.4 Å². The van der Waals surface area contributed by atoms with Crippen LogP contribution in [0.2, 0.25) is 10.0 Å². The number of hydrogen-bond donors (Lipinski definition) is 0. The van der Waals surface area contributed by atoms with Gasteiger partial charge in [-0.3, -0.25) is 4.79 Å². The minimum atomic E-state index is 0.185. The van der Waals surface area contributed by atoms with Crippen molar-refractivity contribution in [3.8, 4) is 5.75 Å². The lowest BCUT2D eigenvalue weighted by atomic mass is 10.0. The highest BCUT2D eigenvalue weighted by atomic mass is 35.5. The van der Waals surface area contributed by atoms with Gasteiger partial charge >= 0.3 is 0 Å². The number of benzene rings is 1. The van der Waals surface area contributed by atoms with Crippen molar-refractivity contribution in [3.63, 3.8) is 0 Å². The maximum atomic E-state index is 11.4. The largest absolute Gasteiger partial charge is 0.493 e. The van der Waals surface area contributed by atoms with Gasteiger partial charge in [0.2, 0.25) is 0 Å².